The number of aromatic nitrogens is 1. The molecule has 4 amide bonds. The van der Waals surface area contributed by atoms with Crippen molar-refractivity contribution < 1.29 is 19.1 Å². The van der Waals surface area contributed by atoms with Crippen LogP contribution < -0.4 is 15.0 Å². The Morgan fingerprint density at radius 3 is 2.32 bits per heavy atom. The van der Waals surface area contributed by atoms with Crippen molar-refractivity contribution in [3.63, 3.8) is 0 Å². The largest absolute Gasteiger partial charge is 0.497 e. The van der Waals surface area contributed by atoms with Crippen LogP contribution in [0.25, 0.3) is 17.0 Å². The summed E-state index contributed by atoms with van der Waals surface area (Å²) in [7, 11) is 1.53. The second-order valence-electron chi connectivity index (χ2n) is 9.25. The second kappa shape index (κ2) is 9.43. The van der Waals surface area contributed by atoms with Gasteiger partial charge in [-0.2, -0.15) is 0 Å². The molecule has 7 heteroatoms. The maximum absolute atomic E-state index is 13.5. The van der Waals surface area contributed by atoms with Crippen molar-refractivity contribution in [2.45, 2.75) is 27.3 Å². The van der Waals surface area contributed by atoms with Crippen LogP contribution in [-0.4, -0.2) is 29.5 Å². The lowest BCUT2D eigenvalue weighted by atomic mass is 10.0. The highest BCUT2D eigenvalue weighted by molar-refractivity contribution is 6.39. The zero-order valence-electron chi connectivity index (χ0n) is 21.2. The van der Waals surface area contributed by atoms with Gasteiger partial charge in [0.25, 0.3) is 11.8 Å². The van der Waals surface area contributed by atoms with E-state index in [-0.39, 0.29) is 5.57 Å². The number of fused-ring (bicyclic) bond motifs is 1. The van der Waals surface area contributed by atoms with Crippen LogP contribution >= 0.6 is 0 Å². The van der Waals surface area contributed by atoms with Gasteiger partial charge in [0.15, 0.2) is 0 Å². The van der Waals surface area contributed by atoms with E-state index in [0.717, 1.165) is 38.2 Å². The Balaban J connectivity index is 1.62. The smallest absolute Gasteiger partial charge is 0.335 e. The van der Waals surface area contributed by atoms with Gasteiger partial charge in [0, 0.05) is 28.7 Å². The van der Waals surface area contributed by atoms with Gasteiger partial charge < -0.3 is 9.30 Å². The number of hydrogen-bond donors (Lipinski definition) is 1. The zero-order valence-corrected chi connectivity index (χ0v) is 21.2. The van der Waals surface area contributed by atoms with E-state index in [0.29, 0.717) is 18.0 Å². The summed E-state index contributed by atoms with van der Waals surface area (Å²) < 4.78 is 7.36. The molecule has 4 aromatic rings. The summed E-state index contributed by atoms with van der Waals surface area (Å²) in [5.74, 6) is -0.801. The van der Waals surface area contributed by atoms with Crippen LogP contribution in [0.15, 0.2) is 72.3 Å². The summed E-state index contributed by atoms with van der Waals surface area (Å²) in [6.45, 7) is 6.70. The van der Waals surface area contributed by atoms with Crippen LogP contribution in [0.3, 0.4) is 0 Å². The lowest BCUT2D eigenvalue weighted by Gasteiger charge is -2.26. The molecule has 0 spiro atoms. The number of imide groups is 2. The molecule has 0 aliphatic carbocycles. The number of anilines is 1. The van der Waals surface area contributed by atoms with Crippen LogP contribution in [0.1, 0.15) is 27.9 Å². The molecule has 5 rings (SSSR count). The third-order valence-corrected chi connectivity index (χ3v) is 6.67. The first kappa shape index (κ1) is 24.1. The van der Waals surface area contributed by atoms with Gasteiger partial charge in [0.1, 0.15) is 11.3 Å². The highest BCUT2D eigenvalue weighted by Crippen LogP contribution is 2.31. The van der Waals surface area contributed by atoms with Crippen LogP contribution in [-0.2, 0) is 16.1 Å². The van der Waals surface area contributed by atoms with E-state index in [1.54, 1.807) is 30.3 Å². The summed E-state index contributed by atoms with van der Waals surface area (Å²) >= 11 is 0. The van der Waals surface area contributed by atoms with Crippen LogP contribution in [0.4, 0.5) is 10.5 Å². The van der Waals surface area contributed by atoms with E-state index in [4.69, 9.17) is 4.74 Å². The minimum atomic E-state index is -0.785. The van der Waals surface area contributed by atoms with Gasteiger partial charge >= 0.3 is 6.03 Å². The number of amides is 4. The predicted molar refractivity (Wildman–Crippen MR) is 144 cm³/mol. The van der Waals surface area contributed by atoms with Gasteiger partial charge in [-0.05, 0) is 68.8 Å². The lowest BCUT2D eigenvalue weighted by molar-refractivity contribution is -0.122. The number of ether oxygens (including phenoxy) is 1. The van der Waals surface area contributed by atoms with Crippen LogP contribution in [0.2, 0.25) is 0 Å². The first-order chi connectivity index (χ1) is 17.8. The molecule has 37 heavy (non-hydrogen) atoms. The predicted octanol–water partition coefficient (Wildman–Crippen LogP) is 5.29. The van der Waals surface area contributed by atoms with Gasteiger partial charge in [0.2, 0.25) is 0 Å². The van der Waals surface area contributed by atoms with E-state index >= 15 is 0 Å². The van der Waals surface area contributed by atoms with Gasteiger partial charge in [-0.25, -0.2) is 9.69 Å². The molecule has 0 saturated carbocycles. The quantitative estimate of drug-likeness (QED) is 0.303. The first-order valence-electron chi connectivity index (χ1n) is 12.0. The molecule has 7 nitrogen and oxygen atoms in total. The van der Waals surface area contributed by atoms with Crippen molar-refractivity contribution in [3.05, 3.63) is 100 Å². The van der Waals surface area contributed by atoms with Crippen LogP contribution in [0.5, 0.6) is 5.75 Å². The third kappa shape index (κ3) is 4.40. The fraction of sp³-hybridized carbons (Fsp3) is 0.167. The van der Waals surface area contributed by atoms with E-state index in [2.05, 4.69) is 47.1 Å². The Morgan fingerprint density at radius 1 is 0.892 bits per heavy atom. The third-order valence-electron chi connectivity index (χ3n) is 6.67. The molecule has 2 heterocycles. The molecular weight excluding hydrogens is 466 g/mol. The number of urea groups is 1. The van der Waals surface area contributed by atoms with Crippen LogP contribution in [0, 0.1) is 20.8 Å². The Hall–Kier alpha value is -4.65. The number of benzene rings is 3. The average molecular weight is 494 g/mol. The Labute approximate surface area is 215 Å². The van der Waals surface area contributed by atoms with Crippen molar-refractivity contribution in [3.8, 4) is 5.75 Å². The molecule has 0 bridgehead atoms. The molecule has 186 valence electrons. The molecule has 1 saturated heterocycles. The Bertz CT molecular complexity index is 1600. The van der Waals surface area contributed by atoms with E-state index in [1.165, 1.54) is 12.7 Å². The fourth-order valence-electron chi connectivity index (χ4n) is 4.77. The number of carbonyl (C=O) groups excluding carboxylic acids is 3. The molecule has 1 aliphatic rings. The molecule has 1 fully saturated rings. The second-order valence-corrected chi connectivity index (χ2v) is 9.25. The number of nitrogens with one attached hydrogen (secondary N) is 1. The highest BCUT2D eigenvalue weighted by Gasteiger charge is 2.37. The monoisotopic (exact) mass is 493 g/mol. The number of barbiturate groups is 1. The number of rotatable bonds is 5. The number of nitrogens with zero attached hydrogens (tertiary/aromatic N) is 2. The van der Waals surface area contributed by atoms with Gasteiger partial charge in [0.05, 0.1) is 12.8 Å². The van der Waals surface area contributed by atoms with E-state index in [9.17, 15) is 14.4 Å². The minimum Gasteiger partial charge on any atom is -0.497 e. The summed E-state index contributed by atoms with van der Waals surface area (Å²) in [5.41, 5.74) is 6.33. The summed E-state index contributed by atoms with van der Waals surface area (Å²) in [6, 6.07) is 20.2. The molecule has 1 N–H and O–H groups in total. The van der Waals surface area contributed by atoms with Crippen molar-refractivity contribution in [2.75, 3.05) is 12.0 Å². The van der Waals surface area contributed by atoms with Crippen molar-refractivity contribution >= 4 is 40.5 Å². The Kier molecular flexibility index (Phi) is 6.13. The normalized spacial score (nSPS) is 15.0. The lowest BCUT2D eigenvalue weighted by Crippen LogP contribution is -2.54. The molecule has 1 aromatic heterocycles. The van der Waals surface area contributed by atoms with Crippen molar-refractivity contribution in [1.82, 2.24) is 9.88 Å². The highest BCUT2D eigenvalue weighted by atomic mass is 16.5. The first-order valence-corrected chi connectivity index (χ1v) is 12.0. The average Bonchev–Trinajstić information content (AvgIpc) is 3.11. The topological polar surface area (TPSA) is 80.6 Å². The molecular formula is C30H27N3O4. The summed E-state index contributed by atoms with van der Waals surface area (Å²) in [6.07, 6.45) is 1.60. The summed E-state index contributed by atoms with van der Waals surface area (Å²) in [4.78, 5) is 40.0. The molecule has 3 aromatic carbocycles. The maximum Gasteiger partial charge on any atom is 0.335 e. The van der Waals surface area contributed by atoms with Gasteiger partial charge in [-0.15, -0.1) is 0 Å². The van der Waals surface area contributed by atoms with Crippen molar-refractivity contribution in [1.29, 1.82) is 0 Å². The van der Waals surface area contributed by atoms with E-state index < -0.39 is 17.8 Å². The number of hydrogen-bond acceptors (Lipinski definition) is 4. The molecule has 0 radical (unpaired) electrons. The summed E-state index contributed by atoms with van der Waals surface area (Å²) in [5, 5.41) is 3.25. The minimum absolute atomic E-state index is 0.102. The number of carbonyl (C=O) groups is 3. The zero-order chi connectivity index (χ0) is 26.3. The number of aryl methyl sites for hydroxylation is 2. The van der Waals surface area contributed by atoms with E-state index in [1.807, 2.05) is 26.0 Å². The number of methoxy groups -OCH3 is 1. The molecule has 0 atom stereocenters. The van der Waals surface area contributed by atoms with Crippen molar-refractivity contribution in [2.24, 2.45) is 0 Å². The molecule has 0 unspecified atom stereocenters. The van der Waals surface area contributed by atoms with Gasteiger partial charge in [-0.3, -0.25) is 14.9 Å². The standard InChI is InChI=1S/C30H27N3O4/c1-18-6-5-7-21(14-18)17-32-20(3)24(25-15-19(2)8-13-27(25)32)16-26-28(34)31-30(36)33(29(26)35)22-9-11-23(37-4)12-10-22/h5-16H,17H2,1-4H3,(H,31,34,36). The molecule has 1 aliphatic heterocycles. The maximum atomic E-state index is 13.5. The Morgan fingerprint density at radius 2 is 1.62 bits per heavy atom. The van der Waals surface area contributed by atoms with Gasteiger partial charge in [-0.1, -0.05) is 41.5 Å². The fourth-order valence-corrected chi connectivity index (χ4v) is 4.77. The SMILES string of the molecule is COc1ccc(N2C(=O)NC(=O)C(=Cc3c(C)n(Cc4cccc(C)c4)c4ccc(C)cc34)C2=O)cc1.